The van der Waals surface area contributed by atoms with Gasteiger partial charge in [0.15, 0.2) is 17.8 Å². The number of rotatable bonds is 7. The molecule has 2 unspecified atom stereocenters. The van der Waals surface area contributed by atoms with Gasteiger partial charge in [0.05, 0.1) is 0 Å². The van der Waals surface area contributed by atoms with Gasteiger partial charge in [0.1, 0.15) is 17.9 Å². The molecule has 3 aliphatic heterocycles. The van der Waals surface area contributed by atoms with E-state index in [9.17, 15) is 9.59 Å². The fourth-order valence-corrected chi connectivity index (χ4v) is 3.46. The summed E-state index contributed by atoms with van der Waals surface area (Å²) in [6.45, 7) is 1.75. The average Bonchev–Trinajstić information content (AvgIpc) is 3.30. The number of nitrogens with two attached hydrogens (primary N) is 1. The Hall–Kier alpha value is -3.49. The van der Waals surface area contributed by atoms with Crippen LogP contribution in [0.25, 0.3) is 0 Å². The molecule has 9 heteroatoms. The number of ketones is 1. The zero-order chi connectivity index (χ0) is 20.5. The Morgan fingerprint density at radius 3 is 2.69 bits per heavy atom. The molecule has 3 heterocycles. The topological polar surface area (TPSA) is 131 Å². The number of fused-ring (bicyclic) bond motifs is 1. The molecule has 2 atom stereocenters. The maximum atomic E-state index is 13.2. The molecule has 0 amide bonds. The van der Waals surface area contributed by atoms with Crippen molar-refractivity contribution in [3.63, 3.8) is 0 Å². The van der Waals surface area contributed by atoms with Crippen LogP contribution in [0.4, 0.5) is 0 Å². The summed E-state index contributed by atoms with van der Waals surface area (Å²) in [6, 6.07) is 8.81. The van der Waals surface area contributed by atoms with E-state index < -0.39 is 11.2 Å². The molecule has 9 nitrogen and oxygen atoms in total. The minimum Gasteiger partial charge on any atom is -0.413 e. The van der Waals surface area contributed by atoms with E-state index in [2.05, 4.69) is 25.0 Å². The third kappa shape index (κ3) is 3.28. The third-order valence-corrected chi connectivity index (χ3v) is 5.15. The molecule has 4 rings (SSSR count). The first-order valence-electron chi connectivity index (χ1n) is 9.34. The molecule has 0 bridgehead atoms. The Bertz CT molecular complexity index is 1010. The lowest BCUT2D eigenvalue weighted by molar-refractivity contribution is -0.138. The smallest absolute Gasteiger partial charge is 0.340 e. The second kappa shape index (κ2) is 7.16. The zero-order valence-corrected chi connectivity index (χ0v) is 15.9. The maximum absolute atomic E-state index is 13.2. The van der Waals surface area contributed by atoms with Crippen LogP contribution in [0.5, 0.6) is 0 Å². The number of Topliss-reactive ketones (excluding diaryl/α,β-unsaturated/α-hetero) is 1. The number of benzene rings is 1. The van der Waals surface area contributed by atoms with E-state index in [0.717, 1.165) is 0 Å². The van der Waals surface area contributed by atoms with Crippen molar-refractivity contribution >= 4 is 41.9 Å². The van der Waals surface area contributed by atoms with E-state index in [1.165, 1.54) is 12.7 Å². The van der Waals surface area contributed by atoms with Gasteiger partial charge in [-0.1, -0.05) is 30.3 Å². The van der Waals surface area contributed by atoms with Crippen LogP contribution in [-0.2, 0) is 9.53 Å². The molecule has 0 spiro atoms. The van der Waals surface area contributed by atoms with Crippen molar-refractivity contribution in [2.75, 3.05) is 0 Å². The minimum absolute atomic E-state index is 0.146. The first kappa shape index (κ1) is 18.9. The van der Waals surface area contributed by atoms with Gasteiger partial charge in [0.25, 0.3) is 5.66 Å². The molecule has 2 N–H and O–H groups in total. The first-order chi connectivity index (χ1) is 13.9. The van der Waals surface area contributed by atoms with Crippen molar-refractivity contribution < 1.29 is 14.3 Å². The number of cyclic esters (lactones) is 1. The number of hydrogen-bond donors (Lipinski definition) is 1. The van der Waals surface area contributed by atoms with Gasteiger partial charge in [-0.15, -0.1) is 0 Å². The second-order valence-electron chi connectivity index (χ2n) is 7.24. The SMILES string of the molecule is CC1(CCCCC2=NC3(C(=O)c4ccccc4)N=CN=C3C(N)=N2)N=COC1=O. The maximum Gasteiger partial charge on any atom is 0.340 e. The Morgan fingerprint density at radius 1 is 1.17 bits per heavy atom. The van der Waals surface area contributed by atoms with Crippen LogP contribution in [0.1, 0.15) is 43.0 Å². The third-order valence-electron chi connectivity index (χ3n) is 5.15. The van der Waals surface area contributed by atoms with E-state index in [0.29, 0.717) is 37.1 Å². The van der Waals surface area contributed by atoms with Gasteiger partial charge in [0, 0.05) is 12.0 Å². The van der Waals surface area contributed by atoms with Crippen LogP contribution in [0.2, 0.25) is 0 Å². The molecule has 0 aliphatic carbocycles. The molecule has 148 valence electrons. The number of nitrogens with zero attached hydrogens (tertiary/aromatic N) is 5. The lowest BCUT2D eigenvalue weighted by Gasteiger charge is -2.26. The van der Waals surface area contributed by atoms with Crippen molar-refractivity contribution in [3.8, 4) is 0 Å². The minimum atomic E-state index is -1.51. The summed E-state index contributed by atoms with van der Waals surface area (Å²) in [5.74, 6) is -0.0556. The highest BCUT2D eigenvalue weighted by Gasteiger charge is 2.49. The van der Waals surface area contributed by atoms with Crippen molar-refractivity contribution in [3.05, 3.63) is 35.9 Å². The van der Waals surface area contributed by atoms with Gasteiger partial charge >= 0.3 is 5.97 Å². The quantitative estimate of drug-likeness (QED) is 0.430. The Morgan fingerprint density at radius 2 is 1.97 bits per heavy atom. The zero-order valence-electron chi connectivity index (χ0n) is 15.9. The fraction of sp³-hybridized carbons (Fsp3) is 0.350. The van der Waals surface area contributed by atoms with E-state index in [1.54, 1.807) is 31.2 Å². The fourth-order valence-electron chi connectivity index (χ4n) is 3.46. The standard InChI is InChI=1S/C20H20N6O3/c1-19(18(28)29-12-24-19)10-6-5-9-14-25-17(21)15-20(26-14,23-11-22-15)16(27)13-7-3-2-4-8-13/h2-4,7-8,11-12H,5-6,9-10H2,1H3,(H2,21,25,26). The Labute approximate surface area is 167 Å². The second-order valence-corrected chi connectivity index (χ2v) is 7.24. The molecule has 1 aromatic rings. The molecule has 3 aliphatic rings. The first-order valence-corrected chi connectivity index (χ1v) is 9.34. The Balaban J connectivity index is 1.50. The molecule has 0 saturated carbocycles. The van der Waals surface area contributed by atoms with Gasteiger partial charge < -0.3 is 10.5 Å². The van der Waals surface area contributed by atoms with Crippen molar-refractivity contribution in [2.24, 2.45) is 30.7 Å². The van der Waals surface area contributed by atoms with E-state index in [1.807, 2.05) is 6.07 Å². The summed E-state index contributed by atoms with van der Waals surface area (Å²) >= 11 is 0. The molecular formula is C20H20N6O3. The summed E-state index contributed by atoms with van der Waals surface area (Å²) in [4.78, 5) is 46.3. The number of carbonyl (C=O) groups is 2. The molecule has 29 heavy (non-hydrogen) atoms. The van der Waals surface area contributed by atoms with E-state index in [4.69, 9.17) is 10.5 Å². The average molecular weight is 392 g/mol. The van der Waals surface area contributed by atoms with Crippen LogP contribution in [-0.4, -0.2) is 53.1 Å². The summed E-state index contributed by atoms with van der Waals surface area (Å²) in [5.41, 5.74) is 4.47. The number of unbranched alkanes of at least 4 members (excludes halogenated alkanes) is 1. The summed E-state index contributed by atoms with van der Waals surface area (Å²) in [7, 11) is 0. The van der Waals surface area contributed by atoms with Crippen molar-refractivity contribution in [2.45, 2.75) is 43.8 Å². The Kier molecular flexibility index (Phi) is 4.65. The normalized spacial score (nSPS) is 27.2. The molecule has 0 aromatic heterocycles. The van der Waals surface area contributed by atoms with Gasteiger partial charge in [-0.3, -0.25) is 4.79 Å². The van der Waals surface area contributed by atoms with Crippen LogP contribution in [0.15, 0.2) is 55.3 Å². The highest BCUT2D eigenvalue weighted by molar-refractivity contribution is 6.53. The highest BCUT2D eigenvalue weighted by Crippen LogP contribution is 2.30. The number of carbonyl (C=O) groups excluding carboxylic acids is 2. The highest BCUT2D eigenvalue weighted by atomic mass is 16.5. The van der Waals surface area contributed by atoms with Crippen LogP contribution in [0.3, 0.4) is 0 Å². The number of hydrogen-bond acceptors (Lipinski definition) is 9. The number of aliphatic imine (C=N–C) groups is 5. The van der Waals surface area contributed by atoms with Gasteiger partial charge in [-0.05, 0) is 26.2 Å². The number of amidine groups is 2. The monoisotopic (exact) mass is 392 g/mol. The lowest BCUT2D eigenvalue weighted by Crippen LogP contribution is -2.50. The summed E-state index contributed by atoms with van der Waals surface area (Å²) in [6.07, 6.45) is 4.93. The number of ether oxygens (including phenoxy) is 1. The largest absolute Gasteiger partial charge is 0.413 e. The van der Waals surface area contributed by atoms with Gasteiger partial charge in [-0.25, -0.2) is 29.8 Å². The van der Waals surface area contributed by atoms with Crippen molar-refractivity contribution in [1.29, 1.82) is 0 Å². The lowest BCUT2D eigenvalue weighted by atomic mass is 9.92. The molecule has 0 radical (unpaired) electrons. The molecule has 1 aromatic carbocycles. The number of esters is 1. The summed E-state index contributed by atoms with van der Waals surface area (Å²) < 4.78 is 4.80. The predicted molar refractivity (Wildman–Crippen MR) is 110 cm³/mol. The van der Waals surface area contributed by atoms with Crippen LogP contribution >= 0.6 is 0 Å². The molecule has 0 saturated heterocycles. The van der Waals surface area contributed by atoms with Crippen LogP contribution < -0.4 is 5.73 Å². The van der Waals surface area contributed by atoms with Gasteiger partial charge in [0.2, 0.25) is 5.78 Å². The molecular weight excluding hydrogens is 372 g/mol. The molecule has 0 fully saturated rings. The van der Waals surface area contributed by atoms with Crippen molar-refractivity contribution in [1.82, 2.24) is 0 Å². The van der Waals surface area contributed by atoms with E-state index >= 15 is 0 Å². The van der Waals surface area contributed by atoms with Gasteiger partial charge in [-0.2, -0.15) is 0 Å². The summed E-state index contributed by atoms with van der Waals surface area (Å²) in [5, 5.41) is 0. The van der Waals surface area contributed by atoms with E-state index in [-0.39, 0.29) is 23.3 Å². The van der Waals surface area contributed by atoms with Crippen LogP contribution in [0, 0.1) is 0 Å². The predicted octanol–water partition coefficient (Wildman–Crippen LogP) is 1.72.